The maximum absolute atomic E-state index is 10.5. The van der Waals surface area contributed by atoms with E-state index in [4.69, 9.17) is 0 Å². The van der Waals surface area contributed by atoms with Crippen molar-refractivity contribution in [3.63, 3.8) is 0 Å². The molecular formula is C7H6Br2O3. The first-order valence-corrected chi connectivity index (χ1v) is 4.72. The van der Waals surface area contributed by atoms with Gasteiger partial charge >= 0.3 is 0 Å². The minimum Gasteiger partial charge on any atom is -0.508 e. The molecular weight excluding hydrogens is 292 g/mol. The second kappa shape index (κ2) is 3.32. The van der Waals surface area contributed by atoms with Crippen LogP contribution >= 0.6 is 31.9 Å². The van der Waals surface area contributed by atoms with Crippen molar-refractivity contribution in [1.29, 1.82) is 0 Å². The molecule has 0 aromatic rings. The Bertz CT molecular complexity index is 268. The Morgan fingerprint density at radius 1 is 1.67 bits per heavy atom. The second-order valence-electron chi connectivity index (χ2n) is 2.42. The highest BCUT2D eigenvalue weighted by Gasteiger charge is 2.39. The Balaban J connectivity index is 3.07. The first kappa shape index (κ1) is 9.95. The highest BCUT2D eigenvalue weighted by molar-refractivity contribution is 9.12. The Morgan fingerprint density at radius 2 is 2.25 bits per heavy atom. The van der Waals surface area contributed by atoms with Gasteiger partial charge in [0.05, 0.1) is 5.92 Å². The topological polar surface area (TPSA) is 57.5 Å². The van der Waals surface area contributed by atoms with Crippen LogP contribution in [0.1, 0.15) is 0 Å². The third kappa shape index (κ3) is 1.62. The van der Waals surface area contributed by atoms with E-state index in [0.717, 1.165) is 0 Å². The van der Waals surface area contributed by atoms with Crippen molar-refractivity contribution in [2.45, 2.75) is 4.51 Å². The normalized spacial score (nSPS) is 35.4. The van der Waals surface area contributed by atoms with Crippen molar-refractivity contribution in [2.24, 2.45) is 5.92 Å². The zero-order valence-corrected chi connectivity index (χ0v) is 9.04. The van der Waals surface area contributed by atoms with Crippen LogP contribution in [0, 0.1) is 5.92 Å². The zero-order valence-electron chi connectivity index (χ0n) is 5.87. The molecule has 0 aromatic carbocycles. The van der Waals surface area contributed by atoms with Gasteiger partial charge in [-0.25, -0.2) is 0 Å². The van der Waals surface area contributed by atoms with Crippen LogP contribution in [0.2, 0.25) is 0 Å². The van der Waals surface area contributed by atoms with Crippen molar-refractivity contribution in [1.82, 2.24) is 0 Å². The number of rotatable bonds is 1. The predicted molar refractivity (Wildman–Crippen MR) is 51.2 cm³/mol. The quantitative estimate of drug-likeness (QED) is 0.571. The van der Waals surface area contributed by atoms with Gasteiger partial charge in [0, 0.05) is 4.48 Å². The molecule has 0 fully saturated rings. The number of halogens is 2. The molecule has 1 aliphatic carbocycles. The van der Waals surface area contributed by atoms with Crippen LogP contribution in [-0.4, -0.2) is 21.0 Å². The average molecular weight is 298 g/mol. The van der Waals surface area contributed by atoms with Gasteiger partial charge in [-0.05, 0) is 22.0 Å². The smallest absolute Gasteiger partial charge is 0.189 e. The number of carbonyl (C=O) groups excluding carboxylic acids is 1. The highest BCUT2D eigenvalue weighted by Crippen LogP contribution is 2.37. The fourth-order valence-electron chi connectivity index (χ4n) is 0.862. The summed E-state index contributed by atoms with van der Waals surface area (Å²) in [6, 6.07) is 0. The second-order valence-corrected chi connectivity index (χ2v) is 4.54. The van der Waals surface area contributed by atoms with Crippen molar-refractivity contribution in [2.75, 3.05) is 0 Å². The molecule has 2 N–H and O–H groups in total. The average Bonchev–Trinajstić information content (AvgIpc) is 1.97. The minimum absolute atomic E-state index is 0.283. The summed E-state index contributed by atoms with van der Waals surface area (Å²) in [4.78, 5) is 10.5. The number of aldehydes is 1. The molecule has 66 valence electrons. The molecule has 2 unspecified atom stereocenters. The van der Waals surface area contributed by atoms with Crippen molar-refractivity contribution >= 4 is 38.1 Å². The molecule has 5 heteroatoms. The van der Waals surface area contributed by atoms with Crippen LogP contribution in [-0.2, 0) is 4.79 Å². The van der Waals surface area contributed by atoms with Crippen LogP contribution in [0.5, 0.6) is 0 Å². The van der Waals surface area contributed by atoms with Gasteiger partial charge in [-0.2, -0.15) is 0 Å². The van der Waals surface area contributed by atoms with Gasteiger partial charge in [0.2, 0.25) is 0 Å². The summed E-state index contributed by atoms with van der Waals surface area (Å²) in [5.41, 5.74) is 0. The lowest BCUT2D eigenvalue weighted by Gasteiger charge is -2.27. The summed E-state index contributed by atoms with van der Waals surface area (Å²) in [7, 11) is 0. The van der Waals surface area contributed by atoms with E-state index in [1.807, 2.05) is 0 Å². The number of hydrogen-bond donors (Lipinski definition) is 2. The number of allylic oxidation sites excluding steroid dienone is 2. The summed E-state index contributed by atoms with van der Waals surface area (Å²) in [5.74, 6) is -1.06. The molecule has 0 spiro atoms. The van der Waals surface area contributed by atoms with E-state index in [1.54, 1.807) is 0 Å². The van der Waals surface area contributed by atoms with Gasteiger partial charge in [0.25, 0.3) is 0 Å². The molecule has 0 aromatic heterocycles. The van der Waals surface area contributed by atoms with E-state index >= 15 is 0 Å². The fraction of sp³-hybridized carbons (Fsp3) is 0.286. The molecule has 3 nitrogen and oxygen atoms in total. The Morgan fingerprint density at radius 3 is 2.75 bits per heavy atom. The predicted octanol–water partition coefficient (Wildman–Crippen LogP) is 1.62. The van der Waals surface area contributed by atoms with Crippen LogP contribution in [0.15, 0.2) is 22.4 Å². The standard InChI is InChI=1S/C7H6Br2O3/c8-5-1-4(3-10)7(9,12)6(11)2-5/h1-4,11-12H. The van der Waals surface area contributed by atoms with E-state index in [-0.39, 0.29) is 5.76 Å². The van der Waals surface area contributed by atoms with Crippen LogP contribution in [0.4, 0.5) is 0 Å². The lowest BCUT2D eigenvalue weighted by Crippen LogP contribution is -2.35. The maximum atomic E-state index is 10.5. The third-order valence-electron chi connectivity index (χ3n) is 1.56. The molecule has 12 heavy (non-hydrogen) atoms. The molecule has 0 heterocycles. The van der Waals surface area contributed by atoms with Crippen LogP contribution in [0.25, 0.3) is 0 Å². The third-order valence-corrected chi connectivity index (χ3v) is 2.99. The van der Waals surface area contributed by atoms with Gasteiger partial charge in [-0.15, -0.1) is 0 Å². The van der Waals surface area contributed by atoms with E-state index in [0.29, 0.717) is 10.8 Å². The molecule has 0 radical (unpaired) electrons. The Labute approximate surface area is 86.0 Å². The lowest BCUT2D eigenvalue weighted by molar-refractivity contribution is -0.113. The lowest BCUT2D eigenvalue weighted by atomic mass is 9.98. The molecule has 2 atom stereocenters. The summed E-state index contributed by atoms with van der Waals surface area (Å²) in [6.45, 7) is 0. The maximum Gasteiger partial charge on any atom is 0.189 e. The summed E-state index contributed by atoms with van der Waals surface area (Å²) in [6.07, 6.45) is 3.38. The van der Waals surface area contributed by atoms with Gasteiger partial charge in [0.1, 0.15) is 12.0 Å². The number of hydrogen-bond acceptors (Lipinski definition) is 3. The van der Waals surface area contributed by atoms with Crippen molar-refractivity contribution in [3.05, 3.63) is 22.4 Å². The van der Waals surface area contributed by atoms with E-state index < -0.39 is 10.4 Å². The van der Waals surface area contributed by atoms with Crippen LogP contribution in [0.3, 0.4) is 0 Å². The Hall–Kier alpha value is -0.130. The molecule has 0 bridgehead atoms. The molecule has 1 rings (SSSR count). The van der Waals surface area contributed by atoms with Crippen molar-refractivity contribution in [3.8, 4) is 0 Å². The molecule has 0 saturated carbocycles. The van der Waals surface area contributed by atoms with E-state index in [2.05, 4.69) is 31.9 Å². The van der Waals surface area contributed by atoms with Gasteiger partial charge in [-0.3, -0.25) is 0 Å². The Kier molecular flexibility index (Phi) is 2.75. The van der Waals surface area contributed by atoms with Crippen molar-refractivity contribution < 1.29 is 15.0 Å². The SMILES string of the molecule is O=CC1C=C(Br)C=C(O)C1(O)Br. The summed E-state index contributed by atoms with van der Waals surface area (Å²) >= 11 is 5.95. The molecule has 0 amide bonds. The molecule has 0 saturated heterocycles. The van der Waals surface area contributed by atoms with Crippen LogP contribution < -0.4 is 0 Å². The highest BCUT2D eigenvalue weighted by atomic mass is 79.9. The first-order chi connectivity index (χ1) is 5.48. The largest absolute Gasteiger partial charge is 0.508 e. The first-order valence-electron chi connectivity index (χ1n) is 3.13. The van der Waals surface area contributed by atoms with Gasteiger partial charge < -0.3 is 15.0 Å². The minimum atomic E-state index is -1.66. The van der Waals surface area contributed by atoms with E-state index in [9.17, 15) is 15.0 Å². The zero-order chi connectivity index (χ0) is 9.35. The molecule has 1 aliphatic rings. The monoisotopic (exact) mass is 296 g/mol. The summed E-state index contributed by atoms with van der Waals surface area (Å²) in [5, 5.41) is 18.8. The number of aliphatic hydroxyl groups is 2. The number of alkyl halides is 1. The summed E-state index contributed by atoms with van der Waals surface area (Å²) < 4.78 is -1.09. The van der Waals surface area contributed by atoms with E-state index in [1.165, 1.54) is 12.2 Å². The van der Waals surface area contributed by atoms with Gasteiger partial charge in [-0.1, -0.05) is 22.0 Å². The van der Waals surface area contributed by atoms with Gasteiger partial charge in [0.15, 0.2) is 4.51 Å². The fourth-order valence-corrected chi connectivity index (χ4v) is 1.72. The number of carbonyl (C=O) groups is 1. The number of aliphatic hydroxyl groups excluding tert-OH is 1. The molecule has 0 aliphatic heterocycles.